The van der Waals surface area contributed by atoms with Gasteiger partial charge in [0.15, 0.2) is 0 Å². The molecule has 0 aliphatic carbocycles. The Kier molecular flexibility index (Phi) is 6.61. The molecule has 0 aliphatic rings. The normalized spacial score (nSPS) is 11.1. The molecule has 0 aliphatic heterocycles. The lowest BCUT2D eigenvalue weighted by atomic mass is 10.2. The van der Waals surface area contributed by atoms with Gasteiger partial charge in [0, 0.05) is 18.2 Å². The number of nitrogens with one attached hydrogen (secondary N) is 2. The minimum atomic E-state index is -3.79. The molecule has 0 spiro atoms. The van der Waals surface area contributed by atoms with Gasteiger partial charge in [0.05, 0.1) is 29.6 Å². The standard InChI is InChI=1S/C21H21N5O3S/c1-16-13-20(26(25-16)12-6-11-22)24-21(27)18-9-5-10-19(14-18)30(28,29)23-15-17-7-3-2-4-8-17/h2-5,7-10,13-14,23H,6,12,15H2,1H3,(H,24,27). The van der Waals surface area contributed by atoms with Crippen LogP contribution in [0.15, 0.2) is 65.6 Å². The molecule has 0 bridgehead atoms. The molecule has 30 heavy (non-hydrogen) atoms. The Hall–Kier alpha value is -3.48. The van der Waals surface area contributed by atoms with E-state index in [9.17, 15) is 13.2 Å². The van der Waals surface area contributed by atoms with Crippen LogP contribution in [0.5, 0.6) is 0 Å². The van der Waals surface area contributed by atoms with Crippen molar-refractivity contribution in [1.82, 2.24) is 14.5 Å². The molecule has 0 fully saturated rings. The van der Waals surface area contributed by atoms with Crippen molar-refractivity contribution in [3.8, 4) is 6.07 Å². The number of aromatic nitrogens is 2. The molecule has 1 aromatic heterocycles. The smallest absolute Gasteiger partial charge is 0.256 e. The highest BCUT2D eigenvalue weighted by atomic mass is 32.2. The topological polar surface area (TPSA) is 117 Å². The number of benzene rings is 2. The van der Waals surface area contributed by atoms with Gasteiger partial charge in [0.1, 0.15) is 5.82 Å². The lowest BCUT2D eigenvalue weighted by molar-refractivity contribution is 0.102. The van der Waals surface area contributed by atoms with Crippen LogP contribution in [0.3, 0.4) is 0 Å². The minimum Gasteiger partial charge on any atom is -0.307 e. The number of carbonyl (C=O) groups is 1. The minimum absolute atomic E-state index is 0.000231. The fourth-order valence-electron chi connectivity index (χ4n) is 2.82. The van der Waals surface area contributed by atoms with Crippen LogP contribution < -0.4 is 10.0 Å². The van der Waals surface area contributed by atoms with Crippen molar-refractivity contribution in [1.29, 1.82) is 5.26 Å². The Labute approximate surface area is 175 Å². The van der Waals surface area contributed by atoms with Crippen LogP contribution in [-0.4, -0.2) is 24.1 Å². The zero-order chi connectivity index (χ0) is 21.6. The lowest BCUT2D eigenvalue weighted by Gasteiger charge is -2.10. The van der Waals surface area contributed by atoms with Crippen molar-refractivity contribution >= 4 is 21.7 Å². The van der Waals surface area contributed by atoms with Gasteiger partial charge in [0.2, 0.25) is 10.0 Å². The van der Waals surface area contributed by atoms with Crippen LogP contribution in [0.1, 0.15) is 28.0 Å². The van der Waals surface area contributed by atoms with Gasteiger partial charge in [-0.05, 0) is 30.7 Å². The monoisotopic (exact) mass is 423 g/mol. The molecule has 0 saturated heterocycles. The fourth-order valence-corrected chi connectivity index (χ4v) is 3.89. The molecular weight excluding hydrogens is 402 g/mol. The third kappa shape index (κ3) is 5.31. The first-order chi connectivity index (χ1) is 14.4. The number of amides is 1. The van der Waals surface area contributed by atoms with Crippen LogP contribution in [0.25, 0.3) is 0 Å². The van der Waals surface area contributed by atoms with E-state index in [1.54, 1.807) is 17.7 Å². The van der Waals surface area contributed by atoms with E-state index in [-0.39, 0.29) is 23.4 Å². The van der Waals surface area contributed by atoms with E-state index in [4.69, 9.17) is 5.26 Å². The number of hydrogen-bond acceptors (Lipinski definition) is 5. The molecule has 0 unspecified atom stereocenters. The molecule has 0 radical (unpaired) electrons. The Balaban J connectivity index is 1.75. The predicted molar refractivity (Wildman–Crippen MR) is 112 cm³/mol. The summed E-state index contributed by atoms with van der Waals surface area (Å²) in [5.74, 6) is -0.0172. The molecular formula is C21H21N5O3S. The molecule has 0 atom stereocenters. The van der Waals surface area contributed by atoms with Gasteiger partial charge in [-0.25, -0.2) is 17.8 Å². The van der Waals surface area contributed by atoms with Gasteiger partial charge in [-0.3, -0.25) is 4.79 Å². The van der Waals surface area contributed by atoms with Gasteiger partial charge in [-0.1, -0.05) is 36.4 Å². The maximum absolute atomic E-state index is 12.7. The van der Waals surface area contributed by atoms with Gasteiger partial charge in [-0.15, -0.1) is 0 Å². The summed E-state index contributed by atoms with van der Waals surface area (Å²) < 4.78 is 29.3. The SMILES string of the molecule is Cc1cc(NC(=O)c2cccc(S(=O)(=O)NCc3ccccc3)c2)n(CCC#N)n1. The molecule has 8 nitrogen and oxygen atoms in total. The number of nitriles is 1. The number of sulfonamides is 1. The van der Waals surface area contributed by atoms with E-state index in [1.807, 2.05) is 36.4 Å². The second kappa shape index (κ2) is 9.35. The zero-order valence-corrected chi connectivity index (χ0v) is 17.2. The van der Waals surface area contributed by atoms with Crippen molar-refractivity contribution in [2.24, 2.45) is 0 Å². The third-order valence-electron chi connectivity index (χ3n) is 4.29. The van der Waals surface area contributed by atoms with Crippen molar-refractivity contribution in [2.75, 3.05) is 5.32 Å². The van der Waals surface area contributed by atoms with E-state index in [0.717, 1.165) is 5.56 Å². The van der Waals surface area contributed by atoms with Gasteiger partial charge < -0.3 is 5.32 Å². The highest BCUT2D eigenvalue weighted by Crippen LogP contribution is 2.16. The van der Waals surface area contributed by atoms with Crippen LogP contribution in [0.4, 0.5) is 5.82 Å². The maximum atomic E-state index is 12.7. The summed E-state index contributed by atoms with van der Waals surface area (Å²) in [6.45, 7) is 2.28. The van der Waals surface area contributed by atoms with Crippen LogP contribution in [-0.2, 0) is 23.1 Å². The summed E-state index contributed by atoms with van der Waals surface area (Å²) >= 11 is 0. The summed E-state index contributed by atoms with van der Waals surface area (Å²) in [4.78, 5) is 12.7. The number of nitrogens with zero attached hydrogens (tertiary/aromatic N) is 3. The molecule has 154 valence electrons. The summed E-state index contributed by atoms with van der Waals surface area (Å²) in [6.07, 6.45) is 0.255. The summed E-state index contributed by atoms with van der Waals surface area (Å²) in [6, 6.07) is 18.7. The molecule has 3 rings (SSSR count). The highest BCUT2D eigenvalue weighted by molar-refractivity contribution is 7.89. The number of aryl methyl sites for hydroxylation is 2. The first-order valence-corrected chi connectivity index (χ1v) is 10.7. The van der Waals surface area contributed by atoms with E-state index in [2.05, 4.69) is 15.1 Å². The second-order valence-corrected chi connectivity index (χ2v) is 8.36. The predicted octanol–water partition coefficient (Wildman–Crippen LogP) is 2.84. The zero-order valence-electron chi connectivity index (χ0n) is 16.4. The molecule has 0 saturated carbocycles. The Morgan fingerprint density at radius 1 is 1.13 bits per heavy atom. The lowest BCUT2D eigenvalue weighted by Crippen LogP contribution is -2.24. The van der Waals surface area contributed by atoms with Crippen LogP contribution in [0.2, 0.25) is 0 Å². The molecule has 2 aromatic carbocycles. The Bertz CT molecular complexity index is 1180. The third-order valence-corrected chi connectivity index (χ3v) is 5.69. The van der Waals surface area contributed by atoms with Gasteiger partial charge in [-0.2, -0.15) is 10.4 Å². The largest absolute Gasteiger partial charge is 0.307 e. The quantitative estimate of drug-likeness (QED) is 0.578. The average Bonchev–Trinajstić information content (AvgIpc) is 3.10. The summed E-state index contributed by atoms with van der Waals surface area (Å²) in [5.41, 5.74) is 1.73. The van der Waals surface area contributed by atoms with Crippen molar-refractivity contribution in [3.05, 3.63) is 77.5 Å². The maximum Gasteiger partial charge on any atom is 0.256 e. The Morgan fingerprint density at radius 2 is 1.90 bits per heavy atom. The number of anilines is 1. The van der Waals surface area contributed by atoms with E-state index >= 15 is 0 Å². The molecule has 1 amide bonds. The van der Waals surface area contributed by atoms with Crippen LogP contribution in [0, 0.1) is 18.3 Å². The van der Waals surface area contributed by atoms with E-state index in [1.165, 1.54) is 24.3 Å². The fraction of sp³-hybridized carbons (Fsp3) is 0.190. The van der Waals surface area contributed by atoms with Gasteiger partial charge in [0.25, 0.3) is 5.91 Å². The first kappa shape index (κ1) is 21.2. The van der Waals surface area contributed by atoms with Crippen molar-refractivity contribution < 1.29 is 13.2 Å². The van der Waals surface area contributed by atoms with Crippen molar-refractivity contribution in [3.63, 3.8) is 0 Å². The summed E-state index contributed by atoms with van der Waals surface area (Å²) in [5, 5.41) is 15.7. The van der Waals surface area contributed by atoms with Crippen molar-refractivity contribution in [2.45, 2.75) is 31.3 Å². The number of carbonyl (C=O) groups excluding carboxylic acids is 1. The molecule has 2 N–H and O–H groups in total. The Morgan fingerprint density at radius 3 is 2.63 bits per heavy atom. The van der Waals surface area contributed by atoms with Gasteiger partial charge >= 0.3 is 0 Å². The molecule has 9 heteroatoms. The summed E-state index contributed by atoms with van der Waals surface area (Å²) in [7, 11) is -3.79. The molecule has 3 aromatic rings. The van der Waals surface area contributed by atoms with E-state index < -0.39 is 15.9 Å². The van der Waals surface area contributed by atoms with Crippen LogP contribution >= 0.6 is 0 Å². The number of hydrogen-bond donors (Lipinski definition) is 2. The average molecular weight is 423 g/mol. The highest BCUT2D eigenvalue weighted by Gasteiger charge is 2.17. The molecule has 1 heterocycles. The van der Waals surface area contributed by atoms with E-state index in [0.29, 0.717) is 18.1 Å². The number of rotatable bonds is 8. The first-order valence-electron chi connectivity index (χ1n) is 9.25. The second-order valence-electron chi connectivity index (χ2n) is 6.59.